The molecule has 4 aromatic heterocycles. The predicted molar refractivity (Wildman–Crippen MR) is 258 cm³/mol. The van der Waals surface area contributed by atoms with Crippen LogP contribution >= 0.6 is 0 Å². The maximum absolute atomic E-state index is 16.5. The Labute approximate surface area is 383 Å². The highest BCUT2D eigenvalue weighted by molar-refractivity contribution is 6.05. The van der Waals surface area contributed by atoms with E-state index in [1.54, 1.807) is 21.5 Å². The Balaban J connectivity index is 1.40. The van der Waals surface area contributed by atoms with E-state index >= 15 is 4.79 Å². The number of carbonyl (C=O) groups is 2. The molecule has 4 heterocycles. The second kappa shape index (κ2) is 18.7. The summed E-state index contributed by atoms with van der Waals surface area (Å²) in [7, 11) is 7.83. The summed E-state index contributed by atoms with van der Waals surface area (Å²) in [4.78, 5) is 54.8. The number of ether oxygens (including phenoxy) is 2. The number of hydrogen-bond donors (Lipinski definition) is 3. The first-order valence-corrected chi connectivity index (χ1v) is 21.6. The molecule has 0 saturated carbocycles. The molecule has 0 aliphatic carbocycles. The molecule has 8 aromatic rings. The van der Waals surface area contributed by atoms with Crippen LogP contribution in [0, 0.1) is 0 Å². The summed E-state index contributed by atoms with van der Waals surface area (Å²) in [6.07, 6.45) is 5.74. The lowest BCUT2D eigenvalue weighted by Gasteiger charge is -2.43. The number of hydrogen-bond acceptors (Lipinski definition) is 12. The van der Waals surface area contributed by atoms with Crippen LogP contribution < -0.4 is 26.7 Å². The van der Waals surface area contributed by atoms with Crippen molar-refractivity contribution in [3.8, 4) is 45.3 Å². The van der Waals surface area contributed by atoms with Crippen LogP contribution in [0.4, 0.5) is 11.6 Å². The van der Waals surface area contributed by atoms with Crippen LogP contribution in [-0.4, -0.2) is 109 Å². The number of fused-ring (bicyclic) bond motifs is 2. The highest BCUT2D eigenvalue weighted by atomic mass is 16.5. The number of primary amides is 1. The van der Waals surface area contributed by atoms with Crippen molar-refractivity contribution < 1.29 is 19.1 Å². The summed E-state index contributed by atoms with van der Waals surface area (Å²) >= 11 is 0. The predicted octanol–water partition coefficient (Wildman–Crippen LogP) is 7.06. The van der Waals surface area contributed by atoms with Gasteiger partial charge in [-0.3, -0.25) is 18.7 Å². The minimum Gasteiger partial charge on any atom is -0.457 e. The number of benzene rings is 4. The molecule has 338 valence electrons. The molecule has 2 amide bonds. The van der Waals surface area contributed by atoms with E-state index in [9.17, 15) is 4.79 Å². The maximum Gasteiger partial charge on any atom is 0.271 e. The van der Waals surface area contributed by atoms with Crippen LogP contribution in [-0.2, 0) is 15.3 Å². The monoisotopic (exact) mass is 886 g/mol. The normalized spacial score (nSPS) is 12.7. The molecular weight excluding hydrogens is 833 g/mol. The Morgan fingerprint density at radius 3 is 1.42 bits per heavy atom. The second-order valence-corrected chi connectivity index (χ2v) is 17.0. The molecule has 0 fully saturated rings. The molecule has 0 aliphatic rings. The van der Waals surface area contributed by atoms with Gasteiger partial charge in [0, 0.05) is 48.7 Å². The van der Waals surface area contributed by atoms with Gasteiger partial charge in [-0.2, -0.15) is 0 Å². The van der Waals surface area contributed by atoms with Crippen molar-refractivity contribution in [2.24, 2.45) is 5.73 Å². The van der Waals surface area contributed by atoms with Gasteiger partial charge in [0.25, 0.3) is 5.91 Å². The molecule has 8 rings (SSSR count). The first kappa shape index (κ1) is 44.8. The van der Waals surface area contributed by atoms with Crippen LogP contribution in [0.3, 0.4) is 0 Å². The number of para-hydroxylation sites is 2. The summed E-state index contributed by atoms with van der Waals surface area (Å²) in [5.74, 6) is 1.73. The quantitative estimate of drug-likeness (QED) is 0.0842. The molecular formula is C50H54N12O4. The molecule has 2 unspecified atom stereocenters. The summed E-state index contributed by atoms with van der Waals surface area (Å²) in [5, 5.41) is 0.926. The first-order valence-electron chi connectivity index (χ1n) is 21.6. The number of nitrogens with two attached hydrogens (primary N) is 3. The lowest BCUT2D eigenvalue weighted by Crippen LogP contribution is -2.61. The van der Waals surface area contributed by atoms with Crippen LogP contribution in [0.25, 0.3) is 44.3 Å². The maximum atomic E-state index is 16.5. The third-order valence-corrected chi connectivity index (χ3v) is 11.8. The Morgan fingerprint density at radius 2 is 1.03 bits per heavy atom. The molecule has 16 nitrogen and oxygen atoms in total. The van der Waals surface area contributed by atoms with E-state index in [2.05, 4.69) is 9.97 Å². The number of carbonyl (C=O) groups excluding carboxylic acids is 2. The van der Waals surface area contributed by atoms with Gasteiger partial charge in [-0.1, -0.05) is 60.7 Å². The Hall–Kier alpha value is -7.82. The van der Waals surface area contributed by atoms with Crippen molar-refractivity contribution in [2.75, 3.05) is 52.7 Å². The van der Waals surface area contributed by atoms with Gasteiger partial charge in [-0.25, -0.2) is 19.9 Å². The molecule has 0 bridgehead atoms. The third-order valence-electron chi connectivity index (χ3n) is 11.8. The minimum absolute atomic E-state index is 0.108. The van der Waals surface area contributed by atoms with Crippen LogP contribution in [0.15, 0.2) is 134 Å². The van der Waals surface area contributed by atoms with Gasteiger partial charge in [0.2, 0.25) is 11.6 Å². The van der Waals surface area contributed by atoms with Gasteiger partial charge < -0.3 is 41.4 Å². The van der Waals surface area contributed by atoms with E-state index < -0.39 is 23.9 Å². The average Bonchev–Trinajstić information content (AvgIpc) is 3.90. The number of anilines is 2. The van der Waals surface area contributed by atoms with Gasteiger partial charge in [0.05, 0.1) is 17.2 Å². The SMILES string of the molecule is CC(CN(C(=O)C(CC(N)=O)(n1cc(-c2ccc(Oc3ccccc3)cc2)c2c(N)ncnc21)n1cc(-c2ccc(Oc3ccccc3)cc2)c2c(N)ncnc21)C(C)CN(C)C)N(C)C. The lowest BCUT2D eigenvalue weighted by molar-refractivity contribution is -0.148. The van der Waals surface area contributed by atoms with Crippen molar-refractivity contribution in [1.29, 1.82) is 0 Å². The summed E-state index contributed by atoms with van der Waals surface area (Å²) in [6, 6.07) is 33.5. The molecule has 6 N–H and O–H groups in total. The minimum atomic E-state index is -2.01. The Kier molecular flexibility index (Phi) is 12.7. The molecule has 16 heteroatoms. The average molecular weight is 887 g/mol. The Morgan fingerprint density at radius 1 is 0.606 bits per heavy atom. The van der Waals surface area contributed by atoms with E-state index in [-0.39, 0.29) is 35.0 Å². The van der Waals surface area contributed by atoms with Gasteiger partial charge in [-0.05, 0) is 102 Å². The fourth-order valence-corrected chi connectivity index (χ4v) is 8.41. The van der Waals surface area contributed by atoms with Crippen molar-refractivity contribution in [2.45, 2.75) is 38.0 Å². The van der Waals surface area contributed by atoms with Crippen molar-refractivity contribution in [1.82, 2.24) is 43.8 Å². The number of nitrogens with zero attached hydrogens (tertiary/aromatic N) is 9. The second-order valence-electron chi connectivity index (χ2n) is 17.0. The lowest BCUT2D eigenvalue weighted by atomic mass is 9.99. The largest absolute Gasteiger partial charge is 0.457 e. The molecule has 0 aliphatic heterocycles. The topological polar surface area (TPSA) is 202 Å². The molecule has 2 atom stereocenters. The van der Waals surface area contributed by atoms with Gasteiger partial charge in [0.1, 0.15) is 58.6 Å². The van der Waals surface area contributed by atoms with Gasteiger partial charge in [0.15, 0.2) is 0 Å². The van der Waals surface area contributed by atoms with E-state index in [1.165, 1.54) is 12.7 Å². The van der Waals surface area contributed by atoms with Crippen molar-refractivity contribution in [3.63, 3.8) is 0 Å². The molecule has 0 radical (unpaired) electrons. The molecule has 0 saturated heterocycles. The first-order chi connectivity index (χ1) is 31.7. The zero-order valence-electron chi connectivity index (χ0n) is 37.9. The third kappa shape index (κ3) is 8.83. The molecule has 66 heavy (non-hydrogen) atoms. The van der Waals surface area contributed by atoms with E-state index in [0.717, 1.165) is 11.1 Å². The summed E-state index contributed by atoms with van der Waals surface area (Å²) in [5.41, 5.74) is 21.1. The standard InChI is InChI=1S/C50H54N12O4/c1-32(59(5)6)27-60(33(2)26-58(3)4)49(64)50(25-42(51)63,61-28-40(43-45(52)54-30-56-47(43)61)34-17-21-38(22-18-34)65-36-13-9-7-10-14-36)62-29-41(44-46(53)55-31-57-48(44)62)35-19-23-39(24-20-35)66-37-15-11-8-12-16-37/h7-24,28-33H,25-27H2,1-6H3,(H2,51,63)(H2,52,54,56)(H2,53,55,57). The van der Waals surface area contributed by atoms with Crippen molar-refractivity contribution in [3.05, 3.63) is 134 Å². The van der Waals surface area contributed by atoms with Gasteiger partial charge >= 0.3 is 0 Å². The van der Waals surface area contributed by atoms with E-state index in [1.807, 2.05) is 166 Å². The van der Waals surface area contributed by atoms with Crippen LogP contribution in [0.1, 0.15) is 20.3 Å². The highest BCUT2D eigenvalue weighted by Gasteiger charge is 2.50. The van der Waals surface area contributed by atoms with E-state index in [4.69, 9.17) is 36.6 Å². The number of amides is 2. The zero-order chi connectivity index (χ0) is 46.7. The van der Waals surface area contributed by atoms with Gasteiger partial charge in [-0.15, -0.1) is 0 Å². The molecule has 4 aromatic carbocycles. The number of likely N-dealkylation sites (N-methyl/N-ethyl adjacent to an activating group) is 2. The summed E-state index contributed by atoms with van der Waals surface area (Å²) < 4.78 is 15.6. The highest BCUT2D eigenvalue weighted by Crippen LogP contribution is 2.43. The fourth-order valence-electron chi connectivity index (χ4n) is 8.41. The van der Waals surface area contributed by atoms with Crippen molar-refractivity contribution >= 4 is 45.5 Å². The number of nitrogen functional groups attached to an aromatic ring is 2. The smallest absolute Gasteiger partial charge is 0.271 e. The fraction of sp³-hybridized carbons (Fsp3) is 0.240. The number of rotatable bonds is 17. The van der Waals surface area contributed by atoms with Crippen LogP contribution in [0.5, 0.6) is 23.0 Å². The van der Waals surface area contributed by atoms with E-state index in [0.29, 0.717) is 58.0 Å². The molecule has 0 spiro atoms. The summed E-state index contributed by atoms with van der Waals surface area (Å²) in [6.45, 7) is 4.83. The number of aromatic nitrogens is 6. The zero-order valence-corrected chi connectivity index (χ0v) is 37.9. The van der Waals surface area contributed by atoms with Crippen LogP contribution in [0.2, 0.25) is 0 Å². The Bertz CT molecular complexity index is 2800.